The molecule has 1 aliphatic heterocycles. The fraction of sp³-hybridized carbons (Fsp3) is 0.875. The Bertz CT molecular complexity index is 338. The number of hydrogen-bond donors (Lipinski definition) is 0. The summed E-state index contributed by atoms with van der Waals surface area (Å²) in [6.07, 6.45) is 5.68. The van der Waals surface area contributed by atoms with Gasteiger partial charge in [-0.3, -0.25) is 9.59 Å². The smallest absolute Gasteiger partial charge is 0.200 e. The first kappa shape index (κ1) is 16.7. The maximum atomic E-state index is 12.1. The minimum Gasteiger partial charge on any atom is -0.297 e. The second-order valence-corrected chi connectivity index (χ2v) is 8.21. The molecule has 19 heavy (non-hydrogen) atoms. The zero-order valence-corrected chi connectivity index (χ0v) is 13.8. The Balaban J connectivity index is 2.35. The van der Waals surface area contributed by atoms with Gasteiger partial charge in [-0.1, -0.05) is 51.8 Å². The lowest BCUT2D eigenvalue weighted by Crippen LogP contribution is -2.30. The van der Waals surface area contributed by atoms with Crippen molar-refractivity contribution in [3.8, 4) is 0 Å². The highest BCUT2D eigenvalue weighted by atomic mass is 32.2. The molecule has 1 fully saturated rings. The summed E-state index contributed by atoms with van der Waals surface area (Å²) in [5.41, 5.74) is 0. The molecule has 3 unspecified atom stereocenters. The van der Waals surface area contributed by atoms with Crippen molar-refractivity contribution in [1.29, 1.82) is 0 Å². The van der Waals surface area contributed by atoms with E-state index in [2.05, 4.69) is 20.8 Å². The van der Waals surface area contributed by atoms with Gasteiger partial charge in [-0.15, -0.1) is 0 Å². The summed E-state index contributed by atoms with van der Waals surface area (Å²) in [4.78, 5) is 23.7. The van der Waals surface area contributed by atoms with Crippen LogP contribution in [0.15, 0.2) is 0 Å². The first-order valence-electron chi connectivity index (χ1n) is 7.53. The molecule has 1 aliphatic rings. The molecular weight excluding hydrogens is 256 g/mol. The Morgan fingerprint density at radius 3 is 2.26 bits per heavy atom. The van der Waals surface area contributed by atoms with Gasteiger partial charge in [-0.05, 0) is 38.5 Å². The van der Waals surface area contributed by atoms with E-state index in [9.17, 15) is 9.59 Å². The van der Waals surface area contributed by atoms with Crippen LogP contribution in [0.25, 0.3) is 0 Å². The summed E-state index contributed by atoms with van der Waals surface area (Å²) in [7, 11) is 0. The molecule has 1 saturated heterocycles. The molecule has 0 spiro atoms. The molecule has 0 amide bonds. The fourth-order valence-electron chi connectivity index (χ4n) is 2.64. The topological polar surface area (TPSA) is 34.1 Å². The fourth-order valence-corrected chi connectivity index (χ4v) is 3.87. The summed E-state index contributed by atoms with van der Waals surface area (Å²) < 4.78 is -0.456. The van der Waals surface area contributed by atoms with Gasteiger partial charge < -0.3 is 0 Å². The second-order valence-electron chi connectivity index (χ2n) is 6.71. The van der Waals surface area contributed by atoms with Crippen LogP contribution in [0.1, 0.15) is 66.7 Å². The highest BCUT2D eigenvalue weighted by molar-refractivity contribution is 8.16. The molecule has 1 rings (SSSR count). The molecule has 3 heteroatoms. The van der Waals surface area contributed by atoms with Crippen LogP contribution in [0.5, 0.6) is 0 Å². The van der Waals surface area contributed by atoms with E-state index in [0.717, 1.165) is 18.8 Å². The quantitative estimate of drug-likeness (QED) is 0.647. The van der Waals surface area contributed by atoms with Crippen LogP contribution in [0.3, 0.4) is 0 Å². The van der Waals surface area contributed by atoms with E-state index in [1.807, 2.05) is 6.92 Å². The van der Waals surface area contributed by atoms with Gasteiger partial charge in [0, 0.05) is 0 Å². The number of rotatable bonds is 7. The van der Waals surface area contributed by atoms with E-state index >= 15 is 0 Å². The minimum atomic E-state index is -0.456. The van der Waals surface area contributed by atoms with Crippen LogP contribution in [-0.2, 0) is 9.59 Å². The number of hydrogen-bond acceptors (Lipinski definition) is 3. The molecule has 110 valence electrons. The lowest BCUT2D eigenvalue weighted by Gasteiger charge is -2.22. The molecule has 2 nitrogen and oxygen atoms in total. The van der Waals surface area contributed by atoms with Crippen molar-refractivity contribution in [3.05, 3.63) is 0 Å². The van der Waals surface area contributed by atoms with Gasteiger partial charge in [0.25, 0.3) is 0 Å². The zero-order valence-electron chi connectivity index (χ0n) is 13.0. The van der Waals surface area contributed by atoms with Crippen molar-refractivity contribution >= 4 is 22.7 Å². The van der Waals surface area contributed by atoms with Crippen molar-refractivity contribution in [3.63, 3.8) is 0 Å². The number of ketones is 1. The lowest BCUT2D eigenvalue weighted by atomic mass is 9.88. The third-order valence-corrected chi connectivity index (χ3v) is 5.60. The van der Waals surface area contributed by atoms with Gasteiger partial charge in [0.1, 0.15) is 0 Å². The third kappa shape index (κ3) is 4.62. The molecule has 0 bridgehead atoms. The Labute approximate surface area is 122 Å². The van der Waals surface area contributed by atoms with Crippen molar-refractivity contribution in [2.24, 2.45) is 17.8 Å². The number of carbonyl (C=O) groups is 2. The van der Waals surface area contributed by atoms with Crippen molar-refractivity contribution in [2.45, 2.75) is 71.5 Å². The van der Waals surface area contributed by atoms with Gasteiger partial charge in [-0.25, -0.2) is 0 Å². The van der Waals surface area contributed by atoms with Crippen LogP contribution in [0.2, 0.25) is 0 Å². The highest BCUT2D eigenvalue weighted by Gasteiger charge is 2.48. The lowest BCUT2D eigenvalue weighted by molar-refractivity contribution is -0.127. The van der Waals surface area contributed by atoms with Crippen molar-refractivity contribution in [1.82, 2.24) is 0 Å². The maximum absolute atomic E-state index is 12.1. The maximum Gasteiger partial charge on any atom is 0.200 e. The first-order valence-corrected chi connectivity index (χ1v) is 8.35. The van der Waals surface area contributed by atoms with Crippen molar-refractivity contribution in [2.75, 3.05) is 0 Å². The molecule has 3 atom stereocenters. The minimum absolute atomic E-state index is 0.0555. The molecule has 0 saturated carbocycles. The number of Topliss-reactive ketones (excluding diaryl/α,β-unsaturated/α-hetero) is 1. The predicted octanol–water partition coefficient (Wildman–Crippen LogP) is 4.47. The SMILES string of the molecule is CC(C)CCCC(C)CCC1(C)SC(=O)C(C)C1=O. The standard InChI is InChI=1S/C16H28O2S/c1-11(2)7-6-8-12(3)9-10-16(5)14(17)13(4)15(18)19-16/h11-13H,6-10H2,1-5H3. The van der Waals surface area contributed by atoms with Gasteiger partial charge in [-0.2, -0.15) is 0 Å². The molecule has 1 heterocycles. The summed E-state index contributed by atoms with van der Waals surface area (Å²) in [5.74, 6) is 1.16. The van der Waals surface area contributed by atoms with Crippen LogP contribution < -0.4 is 0 Å². The molecule has 0 radical (unpaired) electrons. The van der Waals surface area contributed by atoms with Gasteiger partial charge in [0.05, 0.1) is 10.7 Å². The van der Waals surface area contributed by atoms with Crippen LogP contribution >= 0.6 is 11.8 Å². The monoisotopic (exact) mass is 284 g/mol. The molecule has 0 aromatic heterocycles. The molecule has 0 aliphatic carbocycles. The summed E-state index contributed by atoms with van der Waals surface area (Å²) in [5, 5.41) is 0.0555. The van der Waals surface area contributed by atoms with Gasteiger partial charge in [0.2, 0.25) is 0 Å². The Kier molecular flexibility index (Phi) is 6.10. The highest BCUT2D eigenvalue weighted by Crippen LogP contribution is 2.43. The van der Waals surface area contributed by atoms with E-state index in [1.54, 1.807) is 6.92 Å². The van der Waals surface area contributed by atoms with E-state index in [4.69, 9.17) is 0 Å². The second kappa shape index (κ2) is 6.92. The van der Waals surface area contributed by atoms with E-state index in [-0.39, 0.29) is 10.9 Å². The summed E-state index contributed by atoms with van der Waals surface area (Å²) >= 11 is 1.27. The van der Waals surface area contributed by atoms with Gasteiger partial charge in [0.15, 0.2) is 10.9 Å². The predicted molar refractivity (Wildman–Crippen MR) is 82.3 cm³/mol. The largest absolute Gasteiger partial charge is 0.297 e. The van der Waals surface area contributed by atoms with Crippen LogP contribution in [0.4, 0.5) is 0 Å². The first-order chi connectivity index (χ1) is 8.76. The Morgan fingerprint density at radius 2 is 1.79 bits per heavy atom. The Hall–Kier alpha value is -0.310. The third-order valence-electron chi connectivity index (χ3n) is 4.19. The van der Waals surface area contributed by atoms with Gasteiger partial charge >= 0.3 is 0 Å². The van der Waals surface area contributed by atoms with E-state index in [1.165, 1.54) is 31.0 Å². The van der Waals surface area contributed by atoms with Crippen LogP contribution in [-0.4, -0.2) is 15.6 Å². The summed E-state index contributed by atoms with van der Waals surface area (Å²) in [6.45, 7) is 10.5. The summed E-state index contributed by atoms with van der Waals surface area (Å²) in [6, 6.07) is 0. The average Bonchev–Trinajstić information content (AvgIpc) is 2.51. The normalized spacial score (nSPS) is 29.3. The van der Waals surface area contributed by atoms with E-state index < -0.39 is 10.7 Å². The number of thioether (sulfide) groups is 1. The molecular formula is C16H28O2S. The Morgan fingerprint density at radius 1 is 1.16 bits per heavy atom. The van der Waals surface area contributed by atoms with E-state index in [0.29, 0.717) is 5.92 Å². The zero-order chi connectivity index (χ0) is 14.6. The van der Waals surface area contributed by atoms with Crippen molar-refractivity contribution < 1.29 is 9.59 Å². The average molecular weight is 284 g/mol. The number of carbonyl (C=O) groups excluding carboxylic acids is 2. The van der Waals surface area contributed by atoms with Crippen LogP contribution in [0, 0.1) is 17.8 Å². The molecule has 0 aromatic carbocycles. The molecule has 0 N–H and O–H groups in total. The molecule has 0 aromatic rings.